The zero-order chi connectivity index (χ0) is 18.4. The van der Waals surface area contributed by atoms with Gasteiger partial charge in [0.15, 0.2) is 0 Å². The van der Waals surface area contributed by atoms with Gasteiger partial charge < -0.3 is 9.84 Å². The number of ether oxygens (including phenoxy) is 1. The minimum atomic E-state index is -0.272. The van der Waals surface area contributed by atoms with Crippen LogP contribution in [0.15, 0.2) is 41.5 Å². The lowest BCUT2D eigenvalue weighted by Crippen LogP contribution is -2.13. The number of carbonyl (C=O) groups excluding carboxylic acids is 1. The molecule has 0 radical (unpaired) electrons. The average Bonchev–Trinajstić information content (AvgIpc) is 2.61. The van der Waals surface area contributed by atoms with Gasteiger partial charge in [-0.15, -0.1) is 0 Å². The van der Waals surface area contributed by atoms with Crippen molar-refractivity contribution in [2.75, 3.05) is 6.61 Å². The Hall–Kier alpha value is -2.53. The van der Waals surface area contributed by atoms with Gasteiger partial charge in [-0.25, -0.2) is 5.53 Å². The number of nitrogens with one attached hydrogen (secondary N) is 1. The fraction of sp³-hybridized carbons (Fsp3) is 0.350. The molecule has 5 heteroatoms. The van der Waals surface area contributed by atoms with E-state index < -0.39 is 0 Å². The molecule has 0 aliphatic carbocycles. The molecular formula is C20H24N2O3. The van der Waals surface area contributed by atoms with Gasteiger partial charge in [0.2, 0.25) is 0 Å². The Labute approximate surface area is 148 Å². The van der Waals surface area contributed by atoms with Crippen LogP contribution in [0, 0.1) is 19.4 Å². The van der Waals surface area contributed by atoms with Gasteiger partial charge >= 0.3 is 5.97 Å². The Morgan fingerprint density at radius 3 is 2.68 bits per heavy atom. The van der Waals surface area contributed by atoms with Crippen LogP contribution >= 0.6 is 0 Å². The van der Waals surface area contributed by atoms with E-state index in [9.17, 15) is 9.90 Å². The molecule has 132 valence electrons. The van der Waals surface area contributed by atoms with Crippen molar-refractivity contribution < 1.29 is 14.6 Å². The van der Waals surface area contributed by atoms with Crippen molar-refractivity contribution >= 4 is 11.7 Å². The van der Waals surface area contributed by atoms with Crippen molar-refractivity contribution in [1.29, 1.82) is 5.53 Å². The van der Waals surface area contributed by atoms with E-state index in [0.29, 0.717) is 12.3 Å². The summed E-state index contributed by atoms with van der Waals surface area (Å²) in [6.07, 6.45) is 0.198. The summed E-state index contributed by atoms with van der Waals surface area (Å²) >= 11 is 0. The SMILES string of the molecule is CCOC(=O)C[C@H](c1ccc(C)c(CO)c1)c1cccc(N=N)c1C. The maximum Gasteiger partial charge on any atom is 0.306 e. The van der Waals surface area contributed by atoms with E-state index in [2.05, 4.69) is 5.11 Å². The second kappa shape index (κ2) is 8.53. The molecule has 0 amide bonds. The highest BCUT2D eigenvalue weighted by Crippen LogP contribution is 2.35. The first-order valence-electron chi connectivity index (χ1n) is 8.34. The molecule has 2 aromatic rings. The summed E-state index contributed by atoms with van der Waals surface area (Å²) in [5, 5.41) is 13.1. The second-order valence-electron chi connectivity index (χ2n) is 6.01. The van der Waals surface area contributed by atoms with Crippen molar-refractivity contribution in [2.24, 2.45) is 5.11 Å². The quantitative estimate of drug-likeness (QED) is 0.573. The van der Waals surface area contributed by atoms with Crippen molar-refractivity contribution in [3.05, 3.63) is 64.2 Å². The number of hydrogen-bond acceptors (Lipinski definition) is 5. The first-order valence-corrected chi connectivity index (χ1v) is 8.34. The van der Waals surface area contributed by atoms with Crippen molar-refractivity contribution in [1.82, 2.24) is 0 Å². The first-order chi connectivity index (χ1) is 12.0. The van der Waals surface area contributed by atoms with Crippen LogP contribution in [0.3, 0.4) is 0 Å². The number of aliphatic hydroxyl groups excluding tert-OH is 1. The molecule has 5 nitrogen and oxygen atoms in total. The molecule has 0 bridgehead atoms. The van der Waals surface area contributed by atoms with E-state index in [1.54, 1.807) is 13.0 Å². The summed E-state index contributed by atoms with van der Waals surface area (Å²) in [5.74, 6) is -0.488. The van der Waals surface area contributed by atoms with Crippen LogP contribution in [0.2, 0.25) is 0 Å². The number of aryl methyl sites for hydroxylation is 1. The number of hydrogen-bond donors (Lipinski definition) is 2. The highest BCUT2D eigenvalue weighted by Gasteiger charge is 2.22. The molecule has 0 saturated heterocycles. The fourth-order valence-electron chi connectivity index (χ4n) is 3.01. The molecule has 0 aliphatic heterocycles. The number of esters is 1. The summed E-state index contributed by atoms with van der Waals surface area (Å²) < 4.78 is 5.14. The molecule has 2 rings (SSSR count). The number of benzene rings is 2. The first kappa shape index (κ1) is 18.8. The third-order valence-electron chi connectivity index (χ3n) is 4.46. The summed E-state index contributed by atoms with van der Waals surface area (Å²) in [6, 6.07) is 11.4. The van der Waals surface area contributed by atoms with Crippen LogP contribution in [-0.2, 0) is 16.1 Å². The molecule has 0 unspecified atom stereocenters. The van der Waals surface area contributed by atoms with Gasteiger partial charge in [0.05, 0.1) is 25.3 Å². The van der Waals surface area contributed by atoms with Crippen LogP contribution in [0.4, 0.5) is 5.69 Å². The zero-order valence-electron chi connectivity index (χ0n) is 14.9. The standard InChI is InChI=1S/C20H24N2O3/c1-4-25-20(24)11-18(15-9-8-13(2)16(10-15)12-23)17-6-5-7-19(22-21)14(17)3/h5-10,18,21,23H,4,11-12H2,1-3H3/t18-/m1/s1. The molecule has 0 aromatic heterocycles. The van der Waals surface area contributed by atoms with Crippen LogP contribution in [0.5, 0.6) is 0 Å². The number of nitrogens with zero attached hydrogens (tertiary/aromatic N) is 1. The predicted octanol–water partition coefficient (Wildman–Crippen LogP) is 4.54. The van der Waals surface area contributed by atoms with Gasteiger partial charge in [-0.2, -0.15) is 5.11 Å². The van der Waals surface area contributed by atoms with E-state index in [1.165, 1.54) is 0 Å². The van der Waals surface area contributed by atoms with E-state index in [4.69, 9.17) is 10.3 Å². The average molecular weight is 340 g/mol. The third-order valence-corrected chi connectivity index (χ3v) is 4.46. The monoisotopic (exact) mass is 340 g/mol. The van der Waals surface area contributed by atoms with Crippen LogP contribution in [-0.4, -0.2) is 17.7 Å². The van der Waals surface area contributed by atoms with Gasteiger partial charge in [-0.05, 0) is 54.7 Å². The number of carbonyl (C=O) groups is 1. The van der Waals surface area contributed by atoms with Gasteiger partial charge in [0.25, 0.3) is 0 Å². The van der Waals surface area contributed by atoms with E-state index in [1.807, 2.05) is 44.2 Å². The largest absolute Gasteiger partial charge is 0.466 e. The molecule has 1 atom stereocenters. The van der Waals surface area contributed by atoms with Gasteiger partial charge in [-0.3, -0.25) is 4.79 Å². The molecule has 25 heavy (non-hydrogen) atoms. The Kier molecular flexibility index (Phi) is 6.42. The fourth-order valence-corrected chi connectivity index (χ4v) is 3.01. The Morgan fingerprint density at radius 1 is 1.28 bits per heavy atom. The molecule has 2 N–H and O–H groups in total. The van der Waals surface area contributed by atoms with Gasteiger partial charge in [-0.1, -0.05) is 30.3 Å². The topological polar surface area (TPSA) is 82.7 Å². The van der Waals surface area contributed by atoms with Crippen LogP contribution in [0.1, 0.15) is 47.1 Å². The Balaban J connectivity index is 2.54. The molecule has 0 saturated carbocycles. The maximum absolute atomic E-state index is 12.2. The number of aliphatic hydroxyl groups is 1. The maximum atomic E-state index is 12.2. The van der Waals surface area contributed by atoms with Crippen molar-refractivity contribution in [2.45, 2.75) is 39.7 Å². The molecule has 0 fully saturated rings. The van der Waals surface area contributed by atoms with Crippen molar-refractivity contribution in [3.8, 4) is 0 Å². The van der Waals surface area contributed by atoms with E-state index in [-0.39, 0.29) is 24.9 Å². The van der Waals surface area contributed by atoms with Gasteiger partial charge in [0, 0.05) is 5.92 Å². The third kappa shape index (κ3) is 4.31. The molecule has 0 heterocycles. The molecule has 2 aromatic carbocycles. The summed E-state index contributed by atoms with van der Waals surface area (Å²) in [6.45, 7) is 5.92. The normalized spacial score (nSPS) is 11.8. The lowest BCUT2D eigenvalue weighted by atomic mass is 9.84. The van der Waals surface area contributed by atoms with E-state index >= 15 is 0 Å². The minimum absolute atomic E-state index is 0.0487. The minimum Gasteiger partial charge on any atom is -0.466 e. The van der Waals surface area contributed by atoms with Crippen LogP contribution in [0.25, 0.3) is 0 Å². The Morgan fingerprint density at radius 2 is 2.04 bits per heavy atom. The Bertz CT molecular complexity index is 772. The van der Waals surface area contributed by atoms with Crippen LogP contribution < -0.4 is 0 Å². The molecular weight excluding hydrogens is 316 g/mol. The lowest BCUT2D eigenvalue weighted by molar-refractivity contribution is -0.143. The molecule has 0 spiro atoms. The molecule has 0 aliphatic rings. The van der Waals surface area contributed by atoms with Gasteiger partial charge in [0.1, 0.15) is 0 Å². The zero-order valence-corrected chi connectivity index (χ0v) is 14.9. The lowest BCUT2D eigenvalue weighted by Gasteiger charge is -2.21. The van der Waals surface area contributed by atoms with E-state index in [0.717, 1.165) is 27.8 Å². The van der Waals surface area contributed by atoms with Crippen molar-refractivity contribution in [3.63, 3.8) is 0 Å². The second-order valence-corrected chi connectivity index (χ2v) is 6.01. The summed E-state index contributed by atoms with van der Waals surface area (Å²) in [7, 11) is 0. The summed E-state index contributed by atoms with van der Waals surface area (Å²) in [4.78, 5) is 12.2. The number of rotatable bonds is 7. The predicted molar refractivity (Wildman–Crippen MR) is 96.2 cm³/mol. The summed E-state index contributed by atoms with van der Waals surface area (Å²) in [5.41, 5.74) is 12.5. The highest BCUT2D eigenvalue weighted by molar-refractivity contribution is 5.72. The smallest absolute Gasteiger partial charge is 0.306 e. The highest BCUT2D eigenvalue weighted by atomic mass is 16.5.